The summed E-state index contributed by atoms with van der Waals surface area (Å²) in [6.45, 7) is 7.28. The molecule has 8 atom stereocenters. The maximum atomic E-state index is 10.5. The van der Waals surface area contributed by atoms with E-state index in [2.05, 4.69) is 25.9 Å². The Bertz CT molecular complexity index is 518. The summed E-state index contributed by atoms with van der Waals surface area (Å²) in [5.74, 6) is 9.43. The minimum absolute atomic E-state index is 0.0553. The highest BCUT2D eigenvalue weighted by Gasteiger charge is 2.60. The molecule has 130 valence electrons. The molecule has 0 aromatic heterocycles. The van der Waals surface area contributed by atoms with Crippen LogP contribution in [0.1, 0.15) is 72.1 Å². The lowest BCUT2D eigenvalue weighted by Gasteiger charge is -2.61. The molecular weight excluding hydrogens is 284 g/mol. The molecule has 4 fully saturated rings. The van der Waals surface area contributed by atoms with Crippen LogP contribution in [0.4, 0.5) is 0 Å². The first-order valence-electron chi connectivity index (χ1n) is 9.85. The Labute approximate surface area is 141 Å². The summed E-state index contributed by atoms with van der Waals surface area (Å²) in [4.78, 5) is 0. The van der Waals surface area contributed by atoms with Gasteiger partial charge < -0.3 is 10.9 Å². The highest BCUT2D eigenvalue weighted by molar-refractivity contribution is 5.87. The summed E-state index contributed by atoms with van der Waals surface area (Å²) < 4.78 is 0. The van der Waals surface area contributed by atoms with E-state index in [-0.39, 0.29) is 11.5 Å². The van der Waals surface area contributed by atoms with E-state index in [1.807, 2.05) is 0 Å². The standard InChI is InChI=1S/C20H34N2O/c1-12-11-20(3)13(10-17(12)22-21)4-5-14-15-6-7-18(23)19(15,2)9-8-16(14)20/h12-16,18,23H,4-11,21H2,1-3H3/b22-17-/t12-,13+,14+,15-,16+,18+,19-,20-/m1/s1. The first kappa shape index (κ1) is 15.9. The van der Waals surface area contributed by atoms with Crippen LogP contribution in [0.15, 0.2) is 5.10 Å². The third-order valence-electron chi connectivity index (χ3n) is 8.95. The maximum absolute atomic E-state index is 10.5. The predicted molar refractivity (Wildman–Crippen MR) is 93.9 cm³/mol. The van der Waals surface area contributed by atoms with E-state index >= 15 is 0 Å². The van der Waals surface area contributed by atoms with Crippen LogP contribution in [-0.2, 0) is 0 Å². The minimum atomic E-state index is -0.0553. The van der Waals surface area contributed by atoms with Crippen molar-refractivity contribution in [2.45, 2.75) is 78.2 Å². The molecule has 0 aromatic rings. The molecule has 0 aromatic carbocycles. The van der Waals surface area contributed by atoms with Gasteiger partial charge in [-0.15, -0.1) is 0 Å². The molecule has 0 unspecified atom stereocenters. The van der Waals surface area contributed by atoms with Gasteiger partial charge in [-0.05, 0) is 91.8 Å². The number of rotatable bonds is 0. The van der Waals surface area contributed by atoms with Crippen LogP contribution in [0, 0.1) is 40.4 Å². The maximum Gasteiger partial charge on any atom is 0.0596 e. The molecule has 23 heavy (non-hydrogen) atoms. The van der Waals surface area contributed by atoms with Crippen molar-refractivity contribution in [2.75, 3.05) is 0 Å². The third-order valence-corrected chi connectivity index (χ3v) is 8.95. The minimum Gasteiger partial charge on any atom is -0.393 e. The molecule has 4 aliphatic rings. The summed E-state index contributed by atoms with van der Waals surface area (Å²) >= 11 is 0. The molecule has 0 spiro atoms. The number of aliphatic hydroxyl groups excluding tert-OH is 1. The van der Waals surface area contributed by atoms with Crippen LogP contribution in [0.5, 0.6) is 0 Å². The van der Waals surface area contributed by atoms with Gasteiger partial charge >= 0.3 is 0 Å². The van der Waals surface area contributed by atoms with Gasteiger partial charge in [0.15, 0.2) is 0 Å². The molecule has 4 saturated carbocycles. The molecule has 0 radical (unpaired) electrons. The van der Waals surface area contributed by atoms with Crippen LogP contribution < -0.4 is 5.84 Å². The zero-order valence-corrected chi connectivity index (χ0v) is 15.1. The second-order valence-corrected chi connectivity index (χ2v) is 9.72. The van der Waals surface area contributed by atoms with Gasteiger partial charge in [0.25, 0.3) is 0 Å². The number of nitrogens with zero attached hydrogens (tertiary/aromatic N) is 1. The van der Waals surface area contributed by atoms with Crippen LogP contribution in [0.25, 0.3) is 0 Å². The van der Waals surface area contributed by atoms with Gasteiger partial charge in [-0.2, -0.15) is 5.10 Å². The average Bonchev–Trinajstić information content (AvgIpc) is 2.82. The summed E-state index contributed by atoms with van der Waals surface area (Å²) in [6, 6.07) is 0. The summed E-state index contributed by atoms with van der Waals surface area (Å²) in [5.41, 5.74) is 1.92. The van der Waals surface area contributed by atoms with Gasteiger partial charge in [0, 0.05) is 5.71 Å². The Morgan fingerprint density at radius 3 is 2.52 bits per heavy atom. The molecule has 0 aliphatic heterocycles. The lowest BCUT2D eigenvalue weighted by Crippen LogP contribution is -2.55. The second-order valence-electron chi connectivity index (χ2n) is 9.72. The van der Waals surface area contributed by atoms with Crippen molar-refractivity contribution in [2.24, 2.45) is 51.4 Å². The lowest BCUT2D eigenvalue weighted by atomic mass is 9.44. The number of aliphatic hydroxyl groups is 1. The van der Waals surface area contributed by atoms with E-state index in [1.54, 1.807) is 0 Å². The fourth-order valence-electron chi connectivity index (χ4n) is 7.57. The van der Waals surface area contributed by atoms with E-state index in [0.29, 0.717) is 11.3 Å². The highest BCUT2D eigenvalue weighted by atomic mass is 16.3. The topological polar surface area (TPSA) is 58.6 Å². The van der Waals surface area contributed by atoms with E-state index in [0.717, 1.165) is 36.5 Å². The van der Waals surface area contributed by atoms with Crippen molar-refractivity contribution >= 4 is 5.71 Å². The summed E-state index contributed by atoms with van der Waals surface area (Å²) in [6.07, 6.45) is 9.88. The fraction of sp³-hybridized carbons (Fsp3) is 0.950. The molecule has 0 bridgehead atoms. The van der Waals surface area contributed by atoms with Crippen molar-refractivity contribution in [1.82, 2.24) is 0 Å². The molecule has 3 nitrogen and oxygen atoms in total. The Hall–Kier alpha value is -0.570. The fourth-order valence-corrected chi connectivity index (χ4v) is 7.57. The molecule has 4 rings (SSSR count). The van der Waals surface area contributed by atoms with Crippen LogP contribution in [0.3, 0.4) is 0 Å². The SMILES string of the molecule is C[C@@H]1C[C@]2(C)[C@@H](CC[C@H]3[C@H]4CC[C@H](O)[C@]4(C)CC[C@@H]32)C/C1=N/N. The number of nitrogens with two attached hydrogens (primary N) is 1. The van der Waals surface area contributed by atoms with Crippen molar-refractivity contribution < 1.29 is 5.11 Å². The third kappa shape index (κ3) is 2.08. The summed E-state index contributed by atoms with van der Waals surface area (Å²) in [7, 11) is 0. The Balaban J connectivity index is 1.63. The first-order chi connectivity index (χ1) is 10.9. The smallest absolute Gasteiger partial charge is 0.0596 e. The second kappa shape index (κ2) is 5.21. The van der Waals surface area contributed by atoms with E-state index in [9.17, 15) is 5.11 Å². The molecule has 4 aliphatic carbocycles. The summed E-state index contributed by atoms with van der Waals surface area (Å²) in [5, 5.41) is 14.7. The normalized spacial score (nSPS) is 57.7. The number of fused-ring (bicyclic) bond motifs is 5. The van der Waals surface area contributed by atoms with E-state index in [1.165, 1.54) is 44.2 Å². The first-order valence-corrected chi connectivity index (χ1v) is 9.85. The van der Waals surface area contributed by atoms with Gasteiger partial charge in [0.2, 0.25) is 0 Å². The van der Waals surface area contributed by atoms with Crippen molar-refractivity contribution in [3.63, 3.8) is 0 Å². The van der Waals surface area contributed by atoms with Gasteiger partial charge in [-0.3, -0.25) is 0 Å². The van der Waals surface area contributed by atoms with E-state index < -0.39 is 0 Å². The van der Waals surface area contributed by atoms with Gasteiger partial charge in [0.1, 0.15) is 0 Å². The monoisotopic (exact) mass is 318 g/mol. The van der Waals surface area contributed by atoms with Crippen LogP contribution >= 0.6 is 0 Å². The average molecular weight is 319 g/mol. The Morgan fingerprint density at radius 1 is 1.04 bits per heavy atom. The molecule has 0 amide bonds. The molecule has 3 heteroatoms. The lowest BCUT2D eigenvalue weighted by molar-refractivity contribution is -0.116. The Morgan fingerprint density at radius 2 is 1.78 bits per heavy atom. The quantitative estimate of drug-likeness (QED) is 0.525. The predicted octanol–water partition coefficient (Wildman–Crippen LogP) is 3.95. The number of hydrazone groups is 1. The van der Waals surface area contributed by atoms with Crippen LogP contribution in [-0.4, -0.2) is 16.9 Å². The van der Waals surface area contributed by atoms with Crippen LogP contribution in [0.2, 0.25) is 0 Å². The molecule has 0 heterocycles. The zero-order valence-electron chi connectivity index (χ0n) is 15.1. The Kier molecular flexibility index (Phi) is 3.61. The van der Waals surface area contributed by atoms with Crippen molar-refractivity contribution in [3.8, 4) is 0 Å². The van der Waals surface area contributed by atoms with E-state index in [4.69, 9.17) is 5.84 Å². The largest absolute Gasteiger partial charge is 0.393 e. The molecule has 3 N–H and O–H groups in total. The van der Waals surface area contributed by atoms with Crippen molar-refractivity contribution in [3.05, 3.63) is 0 Å². The zero-order chi connectivity index (χ0) is 16.4. The molecular formula is C20H34N2O. The van der Waals surface area contributed by atoms with Gasteiger partial charge in [-0.1, -0.05) is 20.8 Å². The highest BCUT2D eigenvalue weighted by Crippen LogP contribution is 2.66. The number of hydrogen-bond acceptors (Lipinski definition) is 3. The van der Waals surface area contributed by atoms with Gasteiger partial charge in [0.05, 0.1) is 6.10 Å². The van der Waals surface area contributed by atoms with Gasteiger partial charge in [-0.25, -0.2) is 0 Å². The number of hydrogen-bond donors (Lipinski definition) is 2. The van der Waals surface area contributed by atoms with Crippen molar-refractivity contribution in [1.29, 1.82) is 0 Å². The molecule has 0 saturated heterocycles.